The summed E-state index contributed by atoms with van der Waals surface area (Å²) in [4.78, 5) is 16.1. The molecule has 2 aromatic rings. The van der Waals surface area contributed by atoms with Crippen molar-refractivity contribution in [2.24, 2.45) is 0 Å². The summed E-state index contributed by atoms with van der Waals surface area (Å²) in [5, 5.41) is 4.18. The van der Waals surface area contributed by atoms with Crippen molar-refractivity contribution in [1.29, 1.82) is 0 Å². The van der Waals surface area contributed by atoms with Crippen LogP contribution in [0.15, 0.2) is 48.5 Å². The van der Waals surface area contributed by atoms with E-state index < -0.39 is 0 Å². The first-order valence-electron chi connectivity index (χ1n) is 9.18. The van der Waals surface area contributed by atoms with Crippen molar-refractivity contribution in [1.82, 2.24) is 0 Å². The Hall–Kier alpha value is -2.01. The van der Waals surface area contributed by atoms with E-state index >= 15 is 0 Å². The molecule has 3 rings (SSSR count). The second-order valence-electron chi connectivity index (χ2n) is 6.63. The first-order chi connectivity index (χ1) is 13.0. The average molecular weight is 405 g/mol. The molecule has 0 saturated carbocycles. The van der Waals surface area contributed by atoms with Gasteiger partial charge in [-0.15, -0.1) is 0 Å². The van der Waals surface area contributed by atoms with Crippen molar-refractivity contribution in [2.75, 3.05) is 42.9 Å². The van der Waals surface area contributed by atoms with E-state index in [9.17, 15) is 4.79 Å². The molecule has 0 aromatic heterocycles. The van der Waals surface area contributed by atoms with Crippen LogP contribution in [0.25, 0.3) is 6.08 Å². The monoisotopic (exact) mass is 404 g/mol. The number of hydrogen-bond donors (Lipinski definition) is 2. The smallest absolute Gasteiger partial charge is 0.248 e. The number of benzene rings is 2. The molecule has 0 spiro atoms. The highest BCUT2D eigenvalue weighted by Crippen LogP contribution is 2.29. The molecule has 0 aliphatic carbocycles. The number of likely N-dealkylation sites (N-methyl/N-ethyl adjacent to an activating group) is 1. The SMILES string of the molecule is CC[NH+]1CCN(c2ccc(NC(=O)/C=C/c3ccc(Cl)cc3)cc2Cl)CC1. The highest BCUT2D eigenvalue weighted by molar-refractivity contribution is 6.33. The lowest BCUT2D eigenvalue weighted by Gasteiger charge is -2.33. The first kappa shape index (κ1) is 19.7. The molecule has 27 heavy (non-hydrogen) atoms. The maximum atomic E-state index is 12.1. The molecule has 1 saturated heterocycles. The molecule has 1 amide bonds. The van der Waals surface area contributed by atoms with E-state index in [1.165, 1.54) is 6.08 Å². The van der Waals surface area contributed by atoms with Gasteiger partial charge in [-0.05, 0) is 48.9 Å². The van der Waals surface area contributed by atoms with Gasteiger partial charge in [-0.1, -0.05) is 35.3 Å². The minimum absolute atomic E-state index is 0.200. The van der Waals surface area contributed by atoms with Gasteiger partial charge < -0.3 is 15.1 Å². The number of hydrogen-bond acceptors (Lipinski definition) is 2. The average Bonchev–Trinajstić information content (AvgIpc) is 2.68. The summed E-state index contributed by atoms with van der Waals surface area (Å²) in [7, 11) is 0. The Morgan fingerprint density at radius 1 is 1.15 bits per heavy atom. The zero-order valence-electron chi connectivity index (χ0n) is 15.3. The molecular formula is C21H24Cl2N3O+. The molecule has 1 fully saturated rings. The van der Waals surface area contributed by atoms with Crippen LogP contribution in [0.2, 0.25) is 10.0 Å². The van der Waals surface area contributed by atoms with Crippen LogP contribution >= 0.6 is 23.2 Å². The molecule has 0 atom stereocenters. The number of nitrogens with one attached hydrogen (secondary N) is 2. The quantitative estimate of drug-likeness (QED) is 0.749. The fourth-order valence-electron chi connectivity index (χ4n) is 3.19. The van der Waals surface area contributed by atoms with Crippen molar-refractivity contribution < 1.29 is 9.69 Å². The second-order valence-corrected chi connectivity index (χ2v) is 7.47. The molecule has 0 bridgehead atoms. The Kier molecular flexibility index (Phi) is 6.78. The zero-order valence-corrected chi connectivity index (χ0v) is 16.9. The Morgan fingerprint density at radius 2 is 1.85 bits per heavy atom. The van der Waals surface area contributed by atoms with Crippen molar-refractivity contribution in [2.45, 2.75) is 6.92 Å². The molecule has 2 N–H and O–H groups in total. The molecule has 0 unspecified atom stereocenters. The number of quaternary nitrogens is 1. The molecule has 2 aromatic carbocycles. The number of carbonyl (C=O) groups is 1. The van der Waals surface area contributed by atoms with Crippen LogP contribution < -0.4 is 15.1 Å². The van der Waals surface area contributed by atoms with E-state index in [0.717, 1.165) is 44.0 Å². The van der Waals surface area contributed by atoms with Gasteiger partial charge in [0.2, 0.25) is 5.91 Å². The van der Waals surface area contributed by atoms with Gasteiger partial charge in [-0.3, -0.25) is 4.79 Å². The lowest BCUT2D eigenvalue weighted by Crippen LogP contribution is -3.14. The summed E-state index contributed by atoms with van der Waals surface area (Å²) in [6.07, 6.45) is 3.25. The third-order valence-electron chi connectivity index (χ3n) is 4.82. The largest absolute Gasteiger partial charge is 0.359 e. The van der Waals surface area contributed by atoms with Gasteiger partial charge in [-0.25, -0.2) is 0 Å². The number of halogens is 2. The standard InChI is InChI=1S/C21H23Cl2N3O/c1-2-25-11-13-26(14-12-25)20-9-8-18(15-19(20)23)24-21(27)10-5-16-3-6-17(22)7-4-16/h3-10,15H,2,11-14H2,1H3,(H,24,27)/p+1/b10-5+. The Bertz CT molecular complexity index is 813. The van der Waals surface area contributed by atoms with E-state index in [2.05, 4.69) is 17.1 Å². The van der Waals surface area contributed by atoms with Crippen molar-refractivity contribution in [3.63, 3.8) is 0 Å². The number of rotatable bonds is 5. The molecule has 142 valence electrons. The topological polar surface area (TPSA) is 36.8 Å². The number of anilines is 2. The highest BCUT2D eigenvalue weighted by atomic mass is 35.5. The maximum absolute atomic E-state index is 12.1. The minimum Gasteiger partial charge on any atom is -0.359 e. The van der Waals surface area contributed by atoms with Gasteiger partial charge in [0.05, 0.1) is 43.4 Å². The van der Waals surface area contributed by atoms with Crippen LogP contribution in [0.3, 0.4) is 0 Å². The van der Waals surface area contributed by atoms with Gasteiger partial charge in [0.1, 0.15) is 0 Å². The fourth-order valence-corrected chi connectivity index (χ4v) is 3.61. The summed E-state index contributed by atoms with van der Waals surface area (Å²) in [6, 6.07) is 13.0. The van der Waals surface area contributed by atoms with Crippen molar-refractivity contribution in [3.8, 4) is 0 Å². The minimum atomic E-state index is -0.200. The third kappa shape index (κ3) is 5.48. The van der Waals surface area contributed by atoms with Gasteiger partial charge >= 0.3 is 0 Å². The van der Waals surface area contributed by atoms with E-state index in [4.69, 9.17) is 23.2 Å². The summed E-state index contributed by atoms with van der Waals surface area (Å²) in [5.74, 6) is -0.200. The summed E-state index contributed by atoms with van der Waals surface area (Å²) < 4.78 is 0. The highest BCUT2D eigenvalue weighted by Gasteiger charge is 2.20. The maximum Gasteiger partial charge on any atom is 0.248 e. The molecule has 0 radical (unpaired) electrons. The molecule has 6 heteroatoms. The summed E-state index contributed by atoms with van der Waals surface area (Å²) in [6.45, 7) is 7.63. The van der Waals surface area contributed by atoms with Gasteiger partial charge in [0.25, 0.3) is 0 Å². The van der Waals surface area contributed by atoms with E-state index in [1.54, 1.807) is 23.1 Å². The van der Waals surface area contributed by atoms with Crippen molar-refractivity contribution in [3.05, 3.63) is 64.1 Å². The lowest BCUT2D eigenvalue weighted by molar-refractivity contribution is -0.898. The molecule has 4 nitrogen and oxygen atoms in total. The van der Waals surface area contributed by atoms with Crippen LogP contribution in [-0.4, -0.2) is 38.6 Å². The van der Waals surface area contributed by atoms with Gasteiger partial charge in [0, 0.05) is 16.8 Å². The van der Waals surface area contributed by atoms with Crippen LogP contribution in [0.5, 0.6) is 0 Å². The van der Waals surface area contributed by atoms with E-state index in [-0.39, 0.29) is 5.91 Å². The third-order valence-corrected chi connectivity index (χ3v) is 5.38. The lowest BCUT2D eigenvalue weighted by atomic mass is 10.2. The number of amides is 1. The Balaban J connectivity index is 1.60. The summed E-state index contributed by atoms with van der Waals surface area (Å²) >= 11 is 12.3. The predicted molar refractivity (Wildman–Crippen MR) is 114 cm³/mol. The molecule has 1 aliphatic rings. The number of carbonyl (C=O) groups excluding carboxylic acids is 1. The van der Waals surface area contributed by atoms with Crippen LogP contribution in [0, 0.1) is 0 Å². The Labute approximate surface area is 170 Å². The van der Waals surface area contributed by atoms with Crippen LogP contribution in [0.1, 0.15) is 12.5 Å². The second kappa shape index (κ2) is 9.27. The van der Waals surface area contributed by atoms with Crippen LogP contribution in [0.4, 0.5) is 11.4 Å². The fraction of sp³-hybridized carbons (Fsp3) is 0.286. The molecule has 1 heterocycles. The van der Waals surface area contributed by atoms with Gasteiger partial charge in [0.15, 0.2) is 0 Å². The Morgan fingerprint density at radius 3 is 2.48 bits per heavy atom. The van der Waals surface area contributed by atoms with Gasteiger partial charge in [-0.2, -0.15) is 0 Å². The van der Waals surface area contributed by atoms with Crippen LogP contribution in [-0.2, 0) is 4.79 Å². The normalized spacial score (nSPS) is 15.3. The first-order valence-corrected chi connectivity index (χ1v) is 9.93. The van der Waals surface area contributed by atoms with Crippen molar-refractivity contribution >= 4 is 46.6 Å². The zero-order chi connectivity index (χ0) is 19.2. The number of piperazine rings is 1. The van der Waals surface area contributed by atoms with E-state index in [0.29, 0.717) is 15.7 Å². The molecule has 1 aliphatic heterocycles. The summed E-state index contributed by atoms with van der Waals surface area (Å²) in [5.41, 5.74) is 2.63. The van der Waals surface area contributed by atoms with E-state index in [1.807, 2.05) is 30.3 Å². The molecular weight excluding hydrogens is 381 g/mol. The predicted octanol–water partition coefficient (Wildman–Crippen LogP) is 3.37. The number of nitrogens with zero attached hydrogens (tertiary/aromatic N) is 1.